The number of aryl methyl sites for hydroxylation is 3. The Labute approximate surface area is 97.9 Å². The van der Waals surface area contributed by atoms with Gasteiger partial charge in [-0.25, -0.2) is 0 Å². The fourth-order valence-electron chi connectivity index (χ4n) is 2.29. The summed E-state index contributed by atoms with van der Waals surface area (Å²) in [7, 11) is 0. The molecule has 82 valence electrons. The minimum Gasteiger partial charge on any atom is -0.0622 e. The van der Waals surface area contributed by atoms with E-state index in [1.807, 2.05) is 0 Å². The molecule has 0 nitrogen and oxygen atoms in total. The summed E-state index contributed by atoms with van der Waals surface area (Å²) in [5.74, 6) is 0. The van der Waals surface area contributed by atoms with Gasteiger partial charge in [0.1, 0.15) is 0 Å². The number of benzene rings is 2. The van der Waals surface area contributed by atoms with Crippen molar-refractivity contribution in [3.63, 3.8) is 0 Å². The van der Waals surface area contributed by atoms with Gasteiger partial charge in [-0.1, -0.05) is 48.0 Å². The molecular weight excluding hydrogens is 192 g/mol. The summed E-state index contributed by atoms with van der Waals surface area (Å²) >= 11 is 0. The van der Waals surface area contributed by atoms with E-state index in [9.17, 15) is 0 Å². The molecule has 16 heavy (non-hydrogen) atoms. The van der Waals surface area contributed by atoms with E-state index in [2.05, 4.69) is 63.2 Å². The molecule has 0 amide bonds. The van der Waals surface area contributed by atoms with Crippen molar-refractivity contribution in [2.45, 2.75) is 27.2 Å². The Morgan fingerprint density at radius 3 is 1.94 bits per heavy atom. The largest absolute Gasteiger partial charge is 0.0622 e. The predicted octanol–water partition coefficient (Wildman–Crippen LogP) is 4.20. The highest BCUT2D eigenvalue weighted by Gasteiger charge is 2.04. The third-order valence-electron chi connectivity index (χ3n) is 3.06. The molecule has 0 radical (unpaired) electrons. The van der Waals surface area contributed by atoms with Crippen molar-refractivity contribution >= 4 is 0 Å². The summed E-state index contributed by atoms with van der Waals surface area (Å²) in [5, 5.41) is 0. The molecule has 0 saturated carbocycles. The third-order valence-corrected chi connectivity index (χ3v) is 3.06. The minimum atomic E-state index is 1.04. The van der Waals surface area contributed by atoms with Gasteiger partial charge in [0.15, 0.2) is 0 Å². The van der Waals surface area contributed by atoms with Crippen LogP contribution in [-0.2, 0) is 6.42 Å². The van der Waals surface area contributed by atoms with E-state index in [0.29, 0.717) is 0 Å². The van der Waals surface area contributed by atoms with Crippen LogP contribution in [-0.4, -0.2) is 0 Å². The Morgan fingerprint density at radius 1 is 0.812 bits per heavy atom. The van der Waals surface area contributed by atoms with Crippen molar-refractivity contribution in [2.24, 2.45) is 0 Å². The lowest BCUT2D eigenvalue weighted by molar-refractivity contribution is 1.11. The molecule has 0 aliphatic carbocycles. The van der Waals surface area contributed by atoms with Gasteiger partial charge >= 0.3 is 0 Å². The van der Waals surface area contributed by atoms with Gasteiger partial charge in [0.05, 0.1) is 0 Å². The minimum absolute atomic E-state index is 1.04. The maximum Gasteiger partial charge on any atom is -0.00205 e. The second-order valence-electron chi connectivity index (χ2n) is 4.54. The number of hydrogen-bond donors (Lipinski definition) is 0. The van der Waals surface area contributed by atoms with Gasteiger partial charge in [-0.3, -0.25) is 0 Å². The standard InChI is InChI=1S/C16H18/c1-12-9-13(2)16(14(3)10-12)11-15-7-5-4-6-8-15/h4-10H,11H2,1-3H3. The van der Waals surface area contributed by atoms with Gasteiger partial charge in [-0.05, 0) is 49.4 Å². The molecule has 0 aliphatic heterocycles. The number of rotatable bonds is 2. The van der Waals surface area contributed by atoms with Crippen LogP contribution in [0.15, 0.2) is 42.5 Å². The zero-order chi connectivity index (χ0) is 11.5. The highest BCUT2D eigenvalue weighted by Crippen LogP contribution is 2.19. The van der Waals surface area contributed by atoms with E-state index < -0.39 is 0 Å². The van der Waals surface area contributed by atoms with Crippen LogP contribution in [0.4, 0.5) is 0 Å². The molecule has 0 aromatic heterocycles. The van der Waals surface area contributed by atoms with Gasteiger partial charge < -0.3 is 0 Å². The Balaban J connectivity index is 2.35. The van der Waals surface area contributed by atoms with Crippen LogP contribution in [0.2, 0.25) is 0 Å². The van der Waals surface area contributed by atoms with Crippen molar-refractivity contribution in [3.8, 4) is 0 Å². The molecular formula is C16H18. The molecule has 0 spiro atoms. The summed E-state index contributed by atoms with van der Waals surface area (Å²) in [6, 6.07) is 15.2. The Bertz CT molecular complexity index is 458. The summed E-state index contributed by atoms with van der Waals surface area (Å²) < 4.78 is 0. The first-order valence-electron chi connectivity index (χ1n) is 5.77. The Kier molecular flexibility index (Phi) is 3.09. The molecule has 0 N–H and O–H groups in total. The molecule has 0 atom stereocenters. The van der Waals surface area contributed by atoms with Crippen molar-refractivity contribution in [2.75, 3.05) is 0 Å². The lowest BCUT2D eigenvalue weighted by Crippen LogP contribution is -1.96. The molecule has 0 bridgehead atoms. The first kappa shape index (κ1) is 10.9. The van der Waals surface area contributed by atoms with Gasteiger partial charge in [0, 0.05) is 0 Å². The highest BCUT2D eigenvalue weighted by molar-refractivity contribution is 5.40. The predicted molar refractivity (Wildman–Crippen MR) is 69.9 cm³/mol. The smallest absolute Gasteiger partial charge is 0.00205 e. The van der Waals surface area contributed by atoms with Crippen LogP contribution in [0.5, 0.6) is 0 Å². The van der Waals surface area contributed by atoms with Crippen molar-refractivity contribution in [1.29, 1.82) is 0 Å². The van der Waals surface area contributed by atoms with Gasteiger partial charge in [0.2, 0.25) is 0 Å². The fraction of sp³-hybridized carbons (Fsp3) is 0.250. The molecule has 0 heterocycles. The first-order valence-corrected chi connectivity index (χ1v) is 5.77. The van der Waals surface area contributed by atoms with Crippen LogP contribution >= 0.6 is 0 Å². The molecule has 2 rings (SSSR count). The average molecular weight is 210 g/mol. The van der Waals surface area contributed by atoms with E-state index in [-0.39, 0.29) is 0 Å². The van der Waals surface area contributed by atoms with Gasteiger partial charge in [-0.15, -0.1) is 0 Å². The second-order valence-corrected chi connectivity index (χ2v) is 4.54. The normalized spacial score (nSPS) is 10.4. The van der Waals surface area contributed by atoms with E-state index in [1.54, 1.807) is 0 Å². The molecule has 0 unspecified atom stereocenters. The summed E-state index contributed by atoms with van der Waals surface area (Å²) in [6.45, 7) is 6.57. The maximum atomic E-state index is 2.27. The number of hydrogen-bond acceptors (Lipinski definition) is 0. The average Bonchev–Trinajstić information content (AvgIpc) is 2.25. The summed E-state index contributed by atoms with van der Waals surface area (Å²) in [4.78, 5) is 0. The SMILES string of the molecule is Cc1cc(C)c(Cc2ccccc2)c(C)c1. The second kappa shape index (κ2) is 4.52. The quantitative estimate of drug-likeness (QED) is 0.696. The zero-order valence-electron chi connectivity index (χ0n) is 10.2. The molecule has 0 fully saturated rings. The molecule has 0 saturated heterocycles. The lowest BCUT2D eigenvalue weighted by atomic mass is 9.94. The van der Waals surface area contributed by atoms with E-state index in [4.69, 9.17) is 0 Å². The van der Waals surface area contributed by atoms with Crippen LogP contribution in [0.3, 0.4) is 0 Å². The van der Waals surface area contributed by atoms with Gasteiger partial charge in [-0.2, -0.15) is 0 Å². The topological polar surface area (TPSA) is 0 Å². The van der Waals surface area contributed by atoms with Crippen LogP contribution in [0.1, 0.15) is 27.8 Å². The maximum absolute atomic E-state index is 2.27. The van der Waals surface area contributed by atoms with Crippen LogP contribution in [0, 0.1) is 20.8 Å². The fourth-order valence-corrected chi connectivity index (χ4v) is 2.29. The Morgan fingerprint density at radius 2 is 1.38 bits per heavy atom. The van der Waals surface area contributed by atoms with Gasteiger partial charge in [0.25, 0.3) is 0 Å². The molecule has 0 heteroatoms. The monoisotopic (exact) mass is 210 g/mol. The third kappa shape index (κ3) is 2.33. The first-order chi connectivity index (χ1) is 7.66. The highest BCUT2D eigenvalue weighted by atomic mass is 14.1. The molecule has 2 aromatic rings. The van der Waals surface area contributed by atoms with Crippen molar-refractivity contribution < 1.29 is 0 Å². The molecule has 0 aliphatic rings. The van der Waals surface area contributed by atoms with E-state index >= 15 is 0 Å². The van der Waals surface area contributed by atoms with E-state index in [1.165, 1.54) is 27.8 Å². The van der Waals surface area contributed by atoms with Crippen LogP contribution in [0.25, 0.3) is 0 Å². The van der Waals surface area contributed by atoms with Crippen molar-refractivity contribution in [3.05, 3.63) is 70.3 Å². The zero-order valence-corrected chi connectivity index (χ0v) is 10.2. The van der Waals surface area contributed by atoms with E-state index in [0.717, 1.165) is 6.42 Å². The Hall–Kier alpha value is -1.56. The summed E-state index contributed by atoms with van der Waals surface area (Å²) in [6.07, 6.45) is 1.04. The lowest BCUT2D eigenvalue weighted by Gasteiger charge is -2.11. The molecule has 2 aromatic carbocycles. The summed E-state index contributed by atoms with van der Waals surface area (Å²) in [5.41, 5.74) is 7.02. The van der Waals surface area contributed by atoms with Crippen LogP contribution < -0.4 is 0 Å². The van der Waals surface area contributed by atoms with Crippen molar-refractivity contribution in [1.82, 2.24) is 0 Å².